The molecule has 0 spiro atoms. The fourth-order valence-corrected chi connectivity index (χ4v) is 3.04. The van der Waals surface area contributed by atoms with E-state index in [0.717, 1.165) is 30.6 Å². The predicted molar refractivity (Wildman–Crippen MR) is 79.7 cm³/mol. The van der Waals surface area contributed by atoms with Gasteiger partial charge in [-0.05, 0) is 42.7 Å². The van der Waals surface area contributed by atoms with Crippen LogP contribution in [-0.4, -0.2) is 18.2 Å². The summed E-state index contributed by atoms with van der Waals surface area (Å²) in [6, 6.07) is 11.8. The molecular formula is C17H13FN2O. The van der Waals surface area contributed by atoms with Gasteiger partial charge in [-0.15, -0.1) is 0 Å². The number of hydrogen-bond acceptors (Lipinski definition) is 2. The van der Waals surface area contributed by atoms with Gasteiger partial charge in [0.15, 0.2) is 0 Å². The van der Waals surface area contributed by atoms with Crippen molar-refractivity contribution in [3.05, 3.63) is 59.4 Å². The Morgan fingerprint density at radius 2 is 1.90 bits per heavy atom. The summed E-state index contributed by atoms with van der Waals surface area (Å²) >= 11 is 0. The second-order valence-corrected chi connectivity index (χ2v) is 5.31. The minimum Gasteiger partial charge on any atom is -0.306 e. The van der Waals surface area contributed by atoms with Gasteiger partial charge in [-0.1, -0.05) is 18.2 Å². The van der Waals surface area contributed by atoms with Crippen LogP contribution in [0.3, 0.4) is 0 Å². The second kappa shape index (κ2) is 4.52. The molecule has 0 atom stereocenters. The van der Waals surface area contributed by atoms with Crippen molar-refractivity contribution in [3.63, 3.8) is 0 Å². The third kappa shape index (κ3) is 1.87. The molecule has 2 aromatic carbocycles. The number of amides is 1. The van der Waals surface area contributed by atoms with E-state index in [1.807, 2.05) is 17.0 Å². The highest BCUT2D eigenvalue weighted by Gasteiger charge is 2.37. The molecule has 0 aliphatic carbocycles. The highest BCUT2D eigenvalue weighted by atomic mass is 19.1. The number of carbonyl (C=O) groups excluding carboxylic acids is 1. The molecule has 2 aliphatic rings. The van der Waals surface area contributed by atoms with Gasteiger partial charge in [0.05, 0.1) is 11.4 Å². The number of para-hydroxylation sites is 1. The number of rotatable bonds is 1. The van der Waals surface area contributed by atoms with Gasteiger partial charge in [-0.3, -0.25) is 4.79 Å². The highest BCUT2D eigenvalue weighted by Crippen LogP contribution is 2.37. The van der Waals surface area contributed by atoms with Gasteiger partial charge in [0, 0.05) is 12.1 Å². The Bertz CT molecular complexity index is 765. The number of halogens is 1. The number of nitrogens with zero attached hydrogens (tertiary/aromatic N) is 2. The van der Waals surface area contributed by atoms with Crippen molar-refractivity contribution >= 4 is 23.0 Å². The molecule has 0 bridgehead atoms. The second-order valence-electron chi connectivity index (χ2n) is 5.31. The molecule has 0 unspecified atom stereocenters. The molecule has 2 heterocycles. The summed E-state index contributed by atoms with van der Waals surface area (Å²) in [6.07, 6.45) is 1.98. The van der Waals surface area contributed by atoms with E-state index in [0.29, 0.717) is 11.4 Å². The van der Waals surface area contributed by atoms with Crippen LogP contribution in [0, 0.1) is 5.82 Å². The van der Waals surface area contributed by atoms with Crippen molar-refractivity contribution in [2.24, 2.45) is 4.99 Å². The Labute approximate surface area is 121 Å². The number of hydrogen-bond donors (Lipinski definition) is 0. The van der Waals surface area contributed by atoms with E-state index >= 15 is 0 Å². The van der Waals surface area contributed by atoms with Crippen LogP contribution in [0.1, 0.15) is 17.5 Å². The molecule has 1 amide bonds. The number of aliphatic imine (C=N–C) groups is 1. The van der Waals surface area contributed by atoms with E-state index in [1.54, 1.807) is 12.1 Å². The molecule has 0 N–H and O–H groups in total. The summed E-state index contributed by atoms with van der Waals surface area (Å²) in [4.78, 5) is 18.8. The Kier molecular flexibility index (Phi) is 2.64. The summed E-state index contributed by atoms with van der Waals surface area (Å²) in [7, 11) is 0. The third-order valence-electron chi connectivity index (χ3n) is 3.99. The number of carbonyl (C=O) groups is 1. The van der Waals surface area contributed by atoms with Gasteiger partial charge in [0.1, 0.15) is 11.5 Å². The monoisotopic (exact) mass is 280 g/mol. The zero-order valence-electron chi connectivity index (χ0n) is 11.3. The van der Waals surface area contributed by atoms with Crippen molar-refractivity contribution in [1.29, 1.82) is 0 Å². The predicted octanol–water partition coefficient (Wildman–Crippen LogP) is 3.24. The van der Waals surface area contributed by atoms with Crippen LogP contribution < -0.4 is 4.90 Å². The molecule has 104 valence electrons. The van der Waals surface area contributed by atoms with E-state index in [4.69, 9.17) is 0 Å². The van der Waals surface area contributed by atoms with E-state index in [9.17, 15) is 9.18 Å². The molecule has 4 rings (SSSR count). The summed E-state index contributed by atoms with van der Waals surface area (Å²) in [5.41, 5.74) is 4.16. The standard InChI is InChI=1S/C17H13FN2O/c18-12-6-8-13(9-7-12)19-15-14-5-1-3-11-4-2-10-20(16(11)14)17(15)21/h1,3,5-9H,2,4,10H2. The smallest absolute Gasteiger partial charge is 0.277 e. The van der Waals surface area contributed by atoms with Gasteiger partial charge in [0.25, 0.3) is 5.91 Å². The zero-order valence-corrected chi connectivity index (χ0v) is 11.3. The van der Waals surface area contributed by atoms with Crippen LogP contribution in [0.4, 0.5) is 15.8 Å². The summed E-state index contributed by atoms with van der Waals surface area (Å²) in [6.45, 7) is 0.741. The van der Waals surface area contributed by atoms with E-state index in [2.05, 4.69) is 11.1 Å². The number of aryl methyl sites for hydroxylation is 1. The van der Waals surface area contributed by atoms with Gasteiger partial charge in [-0.25, -0.2) is 9.38 Å². The van der Waals surface area contributed by atoms with E-state index in [1.165, 1.54) is 17.7 Å². The average molecular weight is 280 g/mol. The van der Waals surface area contributed by atoms with Crippen molar-refractivity contribution in [2.75, 3.05) is 11.4 Å². The molecular weight excluding hydrogens is 267 g/mol. The lowest BCUT2D eigenvalue weighted by molar-refractivity contribution is -0.112. The van der Waals surface area contributed by atoms with E-state index < -0.39 is 0 Å². The lowest BCUT2D eigenvalue weighted by Gasteiger charge is -2.24. The first-order chi connectivity index (χ1) is 10.2. The summed E-state index contributed by atoms with van der Waals surface area (Å²) in [5.74, 6) is -0.361. The summed E-state index contributed by atoms with van der Waals surface area (Å²) < 4.78 is 13.0. The summed E-state index contributed by atoms with van der Waals surface area (Å²) in [5, 5.41) is 0. The SMILES string of the molecule is O=C1C(=Nc2ccc(F)cc2)c2cccc3c2N1CCC3. The molecule has 2 aliphatic heterocycles. The van der Waals surface area contributed by atoms with Crippen LogP contribution in [0.5, 0.6) is 0 Å². The van der Waals surface area contributed by atoms with Crippen molar-refractivity contribution in [3.8, 4) is 0 Å². The Morgan fingerprint density at radius 3 is 2.71 bits per heavy atom. The molecule has 4 heteroatoms. The Morgan fingerprint density at radius 1 is 1.10 bits per heavy atom. The maximum Gasteiger partial charge on any atom is 0.277 e. The van der Waals surface area contributed by atoms with Crippen LogP contribution in [0.15, 0.2) is 47.5 Å². The van der Waals surface area contributed by atoms with E-state index in [-0.39, 0.29) is 11.7 Å². The van der Waals surface area contributed by atoms with Crippen molar-refractivity contribution in [2.45, 2.75) is 12.8 Å². The average Bonchev–Trinajstić information content (AvgIpc) is 2.78. The molecule has 0 saturated heterocycles. The quantitative estimate of drug-likeness (QED) is 0.789. The fourth-order valence-electron chi connectivity index (χ4n) is 3.04. The fraction of sp³-hybridized carbons (Fsp3) is 0.176. The van der Waals surface area contributed by atoms with Gasteiger partial charge in [-0.2, -0.15) is 0 Å². The lowest BCUT2D eigenvalue weighted by Crippen LogP contribution is -2.33. The molecule has 0 fully saturated rings. The molecule has 0 saturated carbocycles. The lowest BCUT2D eigenvalue weighted by atomic mass is 10.00. The molecule has 0 radical (unpaired) electrons. The van der Waals surface area contributed by atoms with Crippen LogP contribution in [0.25, 0.3) is 0 Å². The first-order valence-electron chi connectivity index (χ1n) is 7.02. The maximum absolute atomic E-state index is 13.0. The van der Waals surface area contributed by atoms with Crippen LogP contribution in [-0.2, 0) is 11.2 Å². The van der Waals surface area contributed by atoms with Gasteiger partial charge in [0.2, 0.25) is 0 Å². The normalized spacial score (nSPS) is 18.2. The Hall–Kier alpha value is -2.49. The van der Waals surface area contributed by atoms with Crippen LogP contribution in [0.2, 0.25) is 0 Å². The van der Waals surface area contributed by atoms with Crippen LogP contribution >= 0.6 is 0 Å². The molecule has 3 nitrogen and oxygen atoms in total. The van der Waals surface area contributed by atoms with Crippen molar-refractivity contribution < 1.29 is 9.18 Å². The molecule has 2 aromatic rings. The minimum atomic E-state index is -0.307. The first kappa shape index (κ1) is 12.3. The first-order valence-corrected chi connectivity index (χ1v) is 7.02. The maximum atomic E-state index is 13.0. The molecule has 21 heavy (non-hydrogen) atoms. The number of anilines is 1. The number of benzene rings is 2. The van der Waals surface area contributed by atoms with Gasteiger partial charge >= 0.3 is 0 Å². The zero-order chi connectivity index (χ0) is 14.4. The third-order valence-corrected chi connectivity index (χ3v) is 3.99. The molecule has 0 aromatic heterocycles. The van der Waals surface area contributed by atoms with Crippen molar-refractivity contribution in [1.82, 2.24) is 0 Å². The minimum absolute atomic E-state index is 0.0542. The van der Waals surface area contributed by atoms with Gasteiger partial charge < -0.3 is 4.90 Å². The largest absolute Gasteiger partial charge is 0.306 e. The topological polar surface area (TPSA) is 32.7 Å². The Balaban J connectivity index is 1.86. The highest BCUT2D eigenvalue weighted by molar-refractivity contribution is 6.55.